The van der Waals surface area contributed by atoms with E-state index in [-0.39, 0.29) is 17.8 Å². The summed E-state index contributed by atoms with van der Waals surface area (Å²) in [6.07, 6.45) is 3.19. The lowest BCUT2D eigenvalue weighted by Gasteiger charge is -2.40. The minimum atomic E-state index is -0.258. The molecule has 1 aliphatic heterocycles. The maximum atomic E-state index is 13.3. The minimum absolute atomic E-state index is 0.0207. The standard InChI is InChI=1S/C16H23FN2O/c1-11-9-13(17)10-12(2)15(11)18-16(20)14-7-5-6-8-19(14,3)4/h9-10,14H,5-8H2,1-4H3/p+1. The van der Waals surface area contributed by atoms with Gasteiger partial charge in [0.15, 0.2) is 6.04 Å². The van der Waals surface area contributed by atoms with Crippen LogP contribution in [0, 0.1) is 19.7 Å². The van der Waals surface area contributed by atoms with Gasteiger partial charge in [0.1, 0.15) is 5.82 Å². The summed E-state index contributed by atoms with van der Waals surface area (Å²) in [5.41, 5.74) is 2.30. The number of quaternary nitrogens is 1. The second-order valence-electron chi connectivity index (χ2n) is 6.42. The second-order valence-corrected chi connectivity index (χ2v) is 6.42. The average molecular weight is 279 g/mol. The van der Waals surface area contributed by atoms with E-state index in [1.165, 1.54) is 18.6 Å². The van der Waals surface area contributed by atoms with E-state index < -0.39 is 0 Å². The summed E-state index contributed by atoms with van der Waals surface area (Å²) in [6.45, 7) is 4.68. The number of anilines is 1. The quantitative estimate of drug-likeness (QED) is 0.828. The molecule has 1 N–H and O–H groups in total. The van der Waals surface area contributed by atoms with E-state index in [0.29, 0.717) is 0 Å². The molecule has 0 spiro atoms. The predicted octanol–water partition coefficient (Wildman–Crippen LogP) is 3.01. The smallest absolute Gasteiger partial charge is 0.282 e. The summed E-state index contributed by atoms with van der Waals surface area (Å²) in [4.78, 5) is 12.6. The second kappa shape index (κ2) is 5.52. The van der Waals surface area contributed by atoms with E-state index in [1.807, 2.05) is 13.8 Å². The summed E-state index contributed by atoms with van der Waals surface area (Å²) in [7, 11) is 4.21. The van der Waals surface area contributed by atoms with Gasteiger partial charge in [-0.1, -0.05) is 0 Å². The Morgan fingerprint density at radius 1 is 1.25 bits per heavy atom. The number of nitrogens with one attached hydrogen (secondary N) is 1. The van der Waals surface area contributed by atoms with E-state index >= 15 is 0 Å². The van der Waals surface area contributed by atoms with Crippen LogP contribution in [0.5, 0.6) is 0 Å². The molecule has 4 heteroatoms. The van der Waals surface area contributed by atoms with Gasteiger partial charge in [-0.05, 0) is 49.9 Å². The first kappa shape index (κ1) is 15.0. The van der Waals surface area contributed by atoms with Gasteiger partial charge in [0.05, 0.1) is 20.6 Å². The van der Waals surface area contributed by atoms with Crippen LogP contribution >= 0.6 is 0 Å². The molecule has 20 heavy (non-hydrogen) atoms. The van der Waals surface area contributed by atoms with Gasteiger partial charge in [0, 0.05) is 12.1 Å². The van der Waals surface area contributed by atoms with E-state index in [4.69, 9.17) is 0 Å². The van der Waals surface area contributed by atoms with Crippen LogP contribution in [-0.2, 0) is 4.79 Å². The van der Waals surface area contributed by atoms with Gasteiger partial charge in [-0.25, -0.2) is 4.39 Å². The Morgan fingerprint density at radius 2 is 1.85 bits per heavy atom. The highest BCUT2D eigenvalue weighted by atomic mass is 19.1. The topological polar surface area (TPSA) is 29.1 Å². The van der Waals surface area contributed by atoms with E-state index in [0.717, 1.165) is 40.7 Å². The molecule has 1 fully saturated rings. The Morgan fingerprint density at radius 3 is 2.40 bits per heavy atom. The van der Waals surface area contributed by atoms with Crippen molar-refractivity contribution in [2.45, 2.75) is 39.2 Å². The fourth-order valence-corrected chi connectivity index (χ4v) is 3.13. The monoisotopic (exact) mass is 279 g/mol. The van der Waals surface area contributed by atoms with Crippen molar-refractivity contribution in [2.24, 2.45) is 0 Å². The summed E-state index contributed by atoms with van der Waals surface area (Å²) < 4.78 is 14.0. The van der Waals surface area contributed by atoms with Crippen LogP contribution in [0.2, 0.25) is 0 Å². The molecular formula is C16H24FN2O+. The van der Waals surface area contributed by atoms with E-state index in [9.17, 15) is 9.18 Å². The minimum Gasteiger partial charge on any atom is -0.320 e. The Labute approximate surface area is 120 Å². The molecule has 1 aromatic carbocycles. The Kier molecular flexibility index (Phi) is 4.14. The van der Waals surface area contributed by atoms with Crippen LogP contribution in [0.1, 0.15) is 30.4 Å². The number of rotatable bonds is 2. The number of likely N-dealkylation sites (tertiary alicyclic amines) is 1. The van der Waals surface area contributed by atoms with Crippen LogP contribution in [0.15, 0.2) is 12.1 Å². The molecule has 1 atom stereocenters. The third-order valence-corrected chi connectivity index (χ3v) is 4.35. The first-order valence-corrected chi connectivity index (χ1v) is 7.21. The molecule has 1 saturated heterocycles. The number of aryl methyl sites for hydroxylation is 2. The van der Waals surface area contributed by atoms with Gasteiger partial charge in [-0.15, -0.1) is 0 Å². The van der Waals surface area contributed by atoms with Crippen LogP contribution in [0.25, 0.3) is 0 Å². The number of carbonyl (C=O) groups excluding carboxylic acids is 1. The summed E-state index contributed by atoms with van der Waals surface area (Å²) in [5, 5.41) is 3.01. The molecule has 1 aliphatic rings. The van der Waals surface area contributed by atoms with Crippen molar-refractivity contribution in [3.63, 3.8) is 0 Å². The number of hydrogen-bond donors (Lipinski definition) is 1. The largest absolute Gasteiger partial charge is 0.320 e. The zero-order valence-corrected chi connectivity index (χ0v) is 12.8. The maximum Gasteiger partial charge on any atom is 0.282 e. The molecule has 0 aromatic heterocycles. The van der Waals surface area contributed by atoms with Gasteiger partial charge >= 0.3 is 0 Å². The number of halogens is 1. The van der Waals surface area contributed by atoms with Gasteiger partial charge in [0.2, 0.25) is 0 Å². The predicted molar refractivity (Wildman–Crippen MR) is 79.1 cm³/mol. The first-order valence-electron chi connectivity index (χ1n) is 7.21. The SMILES string of the molecule is Cc1cc(F)cc(C)c1NC(=O)C1CCCC[N+]1(C)C. The van der Waals surface area contributed by atoms with Crippen molar-refractivity contribution in [1.82, 2.24) is 0 Å². The van der Waals surface area contributed by atoms with Crippen LogP contribution in [0.4, 0.5) is 10.1 Å². The van der Waals surface area contributed by atoms with Crippen LogP contribution in [-0.4, -0.2) is 37.1 Å². The summed E-state index contributed by atoms with van der Waals surface area (Å²) in [5.74, 6) is -0.209. The summed E-state index contributed by atoms with van der Waals surface area (Å²) in [6, 6.07) is 2.90. The molecule has 110 valence electrons. The lowest BCUT2D eigenvalue weighted by molar-refractivity contribution is -0.910. The number of likely N-dealkylation sites (N-methyl/N-ethyl adjacent to an activating group) is 1. The Bertz CT molecular complexity index is 502. The Balaban J connectivity index is 2.20. The maximum absolute atomic E-state index is 13.3. The van der Waals surface area contributed by atoms with Crippen molar-refractivity contribution >= 4 is 11.6 Å². The van der Waals surface area contributed by atoms with E-state index in [2.05, 4.69) is 19.4 Å². The lowest BCUT2D eigenvalue weighted by Crippen LogP contribution is -2.57. The zero-order valence-electron chi connectivity index (χ0n) is 12.8. The highest BCUT2D eigenvalue weighted by Crippen LogP contribution is 2.26. The third-order valence-electron chi connectivity index (χ3n) is 4.35. The average Bonchev–Trinajstić information content (AvgIpc) is 2.32. The number of amides is 1. The highest BCUT2D eigenvalue weighted by Gasteiger charge is 2.37. The lowest BCUT2D eigenvalue weighted by atomic mass is 9.99. The first-order chi connectivity index (χ1) is 9.31. The van der Waals surface area contributed by atoms with Gasteiger partial charge in [-0.3, -0.25) is 4.79 Å². The molecule has 1 aromatic rings. The number of benzene rings is 1. The van der Waals surface area contributed by atoms with Crippen molar-refractivity contribution in [3.05, 3.63) is 29.1 Å². The molecule has 3 nitrogen and oxygen atoms in total. The van der Waals surface area contributed by atoms with Gasteiger partial charge < -0.3 is 9.80 Å². The van der Waals surface area contributed by atoms with Crippen LogP contribution in [0.3, 0.4) is 0 Å². The fraction of sp³-hybridized carbons (Fsp3) is 0.562. The van der Waals surface area contributed by atoms with Gasteiger partial charge in [-0.2, -0.15) is 0 Å². The molecule has 1 unspecified atom stereocenters. The summed E-state index contributed by atoms with van der Waals surface area (Å²) >= 11 is 0. The highest BCUT2D eigenvalue weighted by molar-refractivity contribution is 5.95. The molecule has 0 aliphatic carbocycles. The Hall–Kier alpha value is -1.42. The molecular weight excluding hydrogens is 255 g/mol. The van der Waals surface area contributed by atoms with Crippen LogP contribution < -0.4 is 5.32 Å². The number of piperidine rings is 1. The van der Waals surface area contributed by atoms with Crippen molar-refractivity contribution in [1.29, 1.82) is 0 Å². The molecule has 0 saturated carbocycles. The van der Waals surface area contributed by atoms with Crippen molar-refractivity contribution in [3.8, 4) is 0 Å². The molecule has 0 radical (unpaired) electrons. The molecule has 1 heterocycles. The van der Waals surface area contributed by atoms with Gasteiger partial charge in [0.25, 0.3) is 5.91 Å². The molecule has 2 rings (SSSR count). The number of hydrogen-bond acceptors (Lipinski definition) is 1. The zero-order chi connectivity index (χ0) is 14.9. The third kappa shape index (κ3) is 3.01. The van der Waals surface area contributed by atoms with Crippen molar-refractivity contribution < 1.29 is 13.7 Å². The number of carbonyl (C=O) groups is 1. The molecule has 0 bridgehead atoms. The number of nitrogens with zero attached hydrogens (tertiary/aromatic N) is 1. The van der Waals surface area contributed by atoms with Crippen molar-refractivity contribution in [2.75, 3.05) is 26.0 Å². The fourth-order valence-electron chi connectivity index (χ4n) is 3.13. The normalized spacial score (nSPS) is 21.6. The van der Waals surface area contributed by atoms with E-state index in [1.54, 1.807) is 0 Å². The molecule has 1 amide bonds.